The Kier molecular flexibility index (Phi) is 14.8. The monoisotopic (exact) mass is 620 g/mol. The quantitative estimate of drug-likeness (QED) is 0.0934. The molecule has 0 aromatic heterocycles. The molecule has 0 radical (unpaired) electrons. The standard InChI is InChI=1S/C29H40N4O11/c1-16(2)25(27(43)32-19(14-23(38)39)21(35)11-7-10-18-8-5-4-6-9-18)33-28(44)29(30,13-12-22(36)37)26(42)20(15-24(40)41)31-17(3)34/h4-6,8-9,16,19-20,25H,7,10-15,30H2,1-3H3,(H,31,34)(H,32,43)(H,33,44)(H,36,37)(H,38,39)(H,40,41)/t19-,20-,25-,29?/m0/s1. The van der Waals surface area contributed by atoms with Crippen LogP contribution in [0.2, 0.25) is 0 Å². The van der Waals surface area contributed by atoms with E-state index in [4.69, 9.17) is 5.73 Å². The van der Waals surface area contributed by atoms with Gasteiger partial charge >= 0.3 is 17.9 Å². The van der Waals surface area contributed by atoms with Crippen molar-refractivity contribution in [2.75, 3.05) is 0 Å². The fourth-order valence-electron chi connectivity index (χ4n) is 4.37. The van der Waals surface area contributed by atoms with Gasteiger partial charge in [0.25, 0.3) is 0 Å². The number of amides is 3. The summed E-state index contributed by atoms with van der Waals surface area (Å²) >= 11 is 0. The molecule has 0 fully saturated rings. The number of benzene rings is 1. The number of carbonyl (C=O) groups excluding carboxylic acids is 5. The minimum atomic E-state index is -2.69. The summed E-state index contributed by atoms with van der Waals surface area (Å²) in [6.07, 6.45) is -2.44. The third-order valence-corrected chi connectivity index (χ3v) is 6.70. The lowest BCUT2D eigenvalue weighted by Crippen LogP contribution is -2.67. The lowest BCUT2D eigenvalue weighted by Gasteiger charge is -2.33. The Morgan fingerprint density at radius 3 is 1.86 bits per heavy atom. The highest BCUT2D eigenvalue weighted by molar-refractivity contribution is 6.14. The molecule has 15 heteroatoms. The van der Waals surface area contributed by atoms with E-state index in [9.17, 15) is 53.7 Å². The van der Waals surface area contributed by atoms with E-state index in [-0.39, 0.29) is 6.42 Å². The molecule has 1 aromatic rings. The fraction of sp³-hybridized carbons (Fsp3) is 0.517. The first kappa shape index (κ1) is 37.4. The van der Waals surface area contributed by atoms with Gasteiger partial charge in [-0.1, -0.05) is 44.2 Å². The number of rotatable bonds is 20. The molecule has 15 nitrogen and oxygen atoms in total. The highest BCUT2D eigenvalue weighted by Crippen LogP contribution is 2.18. The number of carboxylic acid groups (broad SMARTS) is 3. The number of carbonyl (C=O) groups is 8. The maximum Gasteiger partial charge on any atom is 0.305 e. The number of carboxylic acids is 3. The molecule has 0 heterocycles. The van der Waals surface area contributed by atoms with Gasteiger partial charge in [-0.2, -0.15) is 0 Å². The molecular weight excluding hydrogens is 580 g/mol. The largest absolute Gasteiger partial charge is 0.481 e. The van der Waals surface area contributed by atoms with Crippen LogP contribution in [0, 0.1) is 5.92 Å². The van der Waals surface area contributed by atoms with Gasteiger partial charge in [-0.05, 0) is 30.7 Å². The number of aryl methyl sites for hydroxylation is 1. The highest BCUT2D eigenvalue weighted by Gasteiger charge is 2.47. The van der Waals surface area contributed by atoms with Gasteiger partial charge in [-0.25, -0.2) is 0 Å². The van der Waals surface area contributed by atoms with E-state index < -0.39 is 102 Å². The Labute approximate surface area is 253 Å². The molecule has 0 saturated carbocycles. The first-order valence-corrected chi connectivity index (χ1v) is 13.9. The van der Waals surface area contributed by atoms with Crippen LogP contribution in [0.3, 0.4) is 0 Å². The maximum atomic E-state index is 13.4. The molecule has 1 rings (SSSR count). The van der Waals surface area contributed by atoms with Crippen molar-refractivity contribution in [3.8, 4) is 0 Å². The Morgan fingerprint density at radius 2 is 1.36 bits per heavy atom. The Balaban J connectivity index is 3.21. The Hall–Kier alpha value is -4.66. The minimum absolute atomic E-state index is 0.0461. The third kappa shape index (κ3) is 12.3. The molecule has 0 saturated heterocycles. The topological polar surface area (TPSA) is 259 Å². The Bertz CT molecular complexity index is 1220. The highest BCUT2D eigenvalue weighted by atomic mass is 16.4. The summed E-state index contributed by atoms with van der Waals surface area (Å²) in [7, 11) is 0. The smallest absolute Gasteiger partial charge is 0.305 e. The molecular formula is C29H40N4O11. The zero-order chi connectivity index (χ0) is 33.6. The van der Waals surface area contributed by atoms with Gasteiger partial charge in [-0.15, -0.1) is 0 Å². The number of nitrogens with two attached hydrogens (primary N) is 1. The Morgan fingerprint density at radius 1 is 0.795 bits per heavy atom. The fourth-order valence-corrected chi connectivity index (χ4v) is 4.37. The van der Waals surface area contributed by atoms with Crippen molar-refractivity contribution in [3.63, 3.8) is 0 Å². The van der Waals surface area contributed by atoms with Crippen molar-refractivity contribution >= 4 is 47.2 Å². The van der Waals surface area contributed by atoms with Crippen molar-refractivity contribution in [1.82, 2.24) is 16.0 Å². The molecule has 1 unspecified atom stereocenters. The molecule has 0 aliphatic carbocycles. The lowest BCUT2D eigenvalue weighted by molar-refractivity contribution is -0.146. The summed E-state index contributed by atoms with van der Waals surface area (Å²) in [6, 6.07) is 4.54. The van der Waals surface area contributed by atoms with E-state index in [0.717, 1.165) is 12.5 Å². The van der Waals surface area contributed by atoms with Gasteiger partial charge in [0.05, 0.1) is 18.9 Å². The van der Waals surface area contributed by atoms with Gasteiger partial charge in [0.1, 0.15) is 12.1 Å². The summed E-state index contributed by atoms with van der Waals surface area (Å²) in [5, 5.41) is 34.4. The molecule has 3 amide bonds. The average molecular weight is 621 g/mol. The summed E-state index contributed by atoms with van der Waals surface area (Å²) in [5.41, 5.74) is 4.39. The van der Waals surface area contributed by atoms with E-state index in [1.165, 1.54) is 13.8 Å². The van der Waals surface area contributed by atoms with Crippen LogP contribution in [0.15, 0.2) is 30.3 Å². The van der Waals surface area contributed by atoms with Crippen molar-refractivity contribution in [2.24, 2.45) is 11.7 Å². The summed E-state index contributed by atoms with van der Waals surface area (Å²) < 4.78 is 0. The van der Waals surface area contributed by atoms with E-state index in [0.29, 0.717) is 12.8 Å². The van der Waals surface area contributed by atoms with Gasteiger partial charge < -0.3 is 37.0 Å². The lowest BCUT2D eigenvalue weighted by atomic mass is 9.83. The van der Waals surface area contributed by atoms with Gasteiger partial charge in [0, 0.05) is 19.8 Å². The third-order valence-electron chi connectivity index (χ3n) is 6.70. The SMILES string of the molecule is CC(=O)N[C@@H](CC(=O)O)C(=O)C(N)(CCC(=O)O)C(=O)N[C@H](C(=O)N[C@@H](CC(=O)O)C(=O)CCCc1ccccc1)C(C)C. The summed E-state index contributed by atoms with van der Waals surface area (Å²) in [6.45, 7) is 3.99. The van der Waals surface area contributed by atoms with Crippen LogP contribution in [0.4, 0.5) is 0 Å². The molecule has 242 valence electrons. The molecule has 0 aliphatic heterocycles. The van der Waals surface area contributed by atoms with E-state index in [1.807, 2.05) is 30.3 Å². The van der Waals surface area contributed by atoms with E-state index >= 15 is 0 Å². The van der Waals surface area contributed by atoms with E-state index in [2.05, 4.69) is 16.0 Å². The second kappa shape index (κ2) is 17.5. The second-order valence-electron chi connectivity index (χ2n) is 10.7. The van der Waals surface area contributed by atoms with Gasteiger partial charge in [0.2, 0.25) is 17.7 Å². The van der Waals surface area contributed by atoms with E-state index in [1.54, 1.807) is 0 Å². The average Bonchev–Trinajstić information content (AvgIpc) is 2.92. The number of Topliss-reactive ketones (excluding diaryl/α,β-unsaturated/α-hetero) is 2. The number of hydrogen-bond donors (Lipinski definition) is 7. The van der Waals surface area contributed by atoms with Gasteiger partial charge in [-0.3, -0.25) is 38.4 Å². The molecule has 0 spiro atoms. The molecule has 44 heavy (non-hydrogen) atoms. The molecule has 4 atom stereocenters. The van der Waals surface area contributed by atoms with Crippen molar-refractivity contribution in [2.45, 2.75) is 89.4 Å². The van der Waals surface area contributed by atoms with Crippen LogP contribution < -0.4 is 21.7 Å². The number of aliphatic carboxylic acids is 3. The molecule has 0 aliphatic rings. The zero-order valence-corrected chi connectivity index (χ0v) is 24.8. The first-order chi connectivity index (χ1) is 20.5. The summed E-state index contributed by atoms with van der Waals surface area (Å²) in [4.78, 5) is 98.6. The van der Waals surface area contributed by atoms with Crippen molar-refractivity contribution in [3.05, 3.63) is 35.9 Å². The number of hydrogen-bond acceptors (Lipinski definition) is 9. The predicted octanol–water partition coefficient (Wildman–Crippen LogP) is -0.210. The van der Waals surface area contributed by atoms with Gasteiger partial charge in [0.15, 0.2) is 17.1 Å². The molecule has 8 N–H and O–H groups in total. The first-order valence-electron chi connectivity index (χ1n) is 13.9. The van der Waals surface area contributed by atoms with Crippen LogP contribution in [-0.2, 0) is 44.8 Å². The summed E-state index contributed by atoms with van der Waals surface area (Å²) in [5.74, 6) is -9.98. The minimum Gasteiger partial charge on any atom is -0.481 e. The molecule has 1 aromatic carbocycles. The van der Waals surface area contributed by atoms with Crippen molar-refractivity contribution in [1.29, 1.82) is 0 Å². The van der Waals surface area contributed by atoms with Crippen LogP contribution in [-0.4, -0.2) is 86.2 Å². The predicted molar refractivity (Wildman–Crippen MR) is 154 cm³/mol. The maximum absolute atomic E-state index is 13.4. The number of ketones is 2. The normalized spacial score (nSPS) is 14.3. The molecule has 0 bridgehead atoms. The zero-order valence-electron chi connectivity index (χ0n) is 24.8. The van der Waals surface area contributed by atoms with Crippen LogP contribution >= 0.6 is 0 Å². The number of nitrogens with one attached hydrogen (secondary N) is 3. The van der Waals surface area contributed by atoms with Crippen molar-refractivity contribution < 1.29 is 53.7 Å². The van der Waals surface area contributed by atoms with Crippen LogP contribution in [0.1, 0.15) is 64.9 Å². The van der Waals surface area contributed by atoms with Crippen LogP contribution in [0.25, 0.3) is 0 Å². The second-order valence-corrected chi connectivity index (χ2v) is 10.7. The van der Waals surface area contributed by atoms with Crippen LogP contribution in [0.5, 0.6) is 0 Å².